The highest BCUT2D eigenvalue weighted by Crippen LogP contribution is 2.71. The maximum atomic E-state index is 11.1. The Morgan fingerprint density at radius 2 is 1.88 bits per heavy atom. The van der Waals surface area contributed by atoms with Crippen LogP contribution in [-0.4, -0.2) is 22.9 Å². The predicted octanol–water partition coefficient (Wildman–Crippen LogP) is 2.74. The number of epoxide rings is 1. The van der Waals surface area contributed by atoms with Crippen LogP contribution in [0.5, 0.6) is 0 Å². The van der Waals surface area contributed by atoms with Gasteiger partial charge >= 0.3 is 0 Å². The van der Waals surface area contributed by atoms with Crippen LogP contribution in [0.1, 0.15) is 53.4 Å². The van der Waals surface area contributed by atoms with Gasteiger partial charge in [-0.15, -0.1) is 0 Å². The molecule has 1 aliphatic heterocycles. The molecule has 1 N–H and O–H groups in total. The van der Waals surface area contributed by atoms with E-state index < -0.39 is 5.60 Å². The van der Waals surface area contributed by atoms with Gasteiger partial charge in [-0.3, -0.25) is 0 Å². The zero-order valence-electron chi connectivity index (χ0n) is 11.0. The molecule has 4 unspecified atom stereocenters. The van der Waals surface area contributed by atoms with Crippen molar-refractivity contribution in [1.29, 1.82) is 0 Å². The predicted molar refractivity (Wildman–Crippen MR) is 63.2 cm³/mol. The third-order valence-corrected chi connectivity index (χ3v) is 6.35. The molecule has 0 amide bonds. The van der Waals surface area contributed by atoms with Crippen molar-refractivity contribution in [3.8, 4) is 0 Å². The van der Waals surface area contributed by atoms with Crippen LogP contribution in [0.4, 0.5) is 0 Å². The lowest BCUT2D eigenvalue weighted by atomic mass is 9.62. The molecule has 2 aliphatic carbocycles. The van der Waals surface area contributed by atoms with E-state index in [4.69, 9.17) is 4.74 Å². The summed E-state index contributed by atoms with van der Waals surface area (Å²) in [5.74, 6) is 0.699. The topological polar surface area (TPSA) is 32.8 Å². The Hall–Kier alpha value is -0.0800. The zero-order chi connectivity index (χ0) is 11.8. The first-order chi connectivity index (χ1) is 7.23. The first kappa shape index (κ1) is 11.0. The zero-order valence-corrected chi connectivity index (χ0v) is 11.0. The lowest BCUT2D eigenvalue weighted by Gasteiger charge is -2.46. The van der Waals surface area contributed by atoms with Crippen LogP contribution in [0.25, 0.3) is 0 Å². The molecule has 1 saturated heterocycles. The number of fused-ring (bicyclic) bond motifs is 2. The van der Waals surface area contributed by atoms with Gasteiger partial charge in [-0.1, -0.05) is 20.8 Å². The van der Waals surface area contributed by atoms with Crippen LogP contribution < -0.4 is 0 Å². The summed E-state index contributed by atoms with van der Waals surface area (Å²) in [7, 11) is 0. The van der Waals surface area contributed by atoms with E-state index in [0.717, 1.165) is 19.4 Å². The summed E-state index contributed by atoms with van der Waals surface area (Å²) in [6, 6.07) is 0. The summed E-state index contributed by atoms with van der Waals surface area (Å²) < 4.78 is 5.48. The van der Waals surface area contributed by atoms with Gasteiger partial charge in [-0.05, 0) is 37.5 Å². The Morgan fingerprint density at radius 3 is 2.25 bits per heavy atom. The van der Waals surface area contributed by atoms with Crippen LogP contribution in [0, 0.1) is 16.7 Å². The fourth-order valence-electron chi connectivity index (χ4n) is 4.53. The number of ether oxygens (including phenoxy) is 1. The highest BCUT2D eigenvalue weighted by atomic mass is 16.6. The number of hydrogen-bond acceptors (Lipinski definition) is 2. The lowest BCUT2D eigenvalue weighted by molar-refractivity contribution is -0.105. The van der Waals surface area contributed by atoms with Crippen molar-refractivity contribution in [3.63, 3.8) is 0 Å². The van der Waals surface area contributed by atoms with Crippen molar-refractivity contribution in [2.45, 2.75) is 64.6 Å². The van der Waals surface area contributed by atoms with Crippen molar-refractivity contribution in [2.75, 3.05) is 6.61 Å². The average molecular weight is 224 g/mol. The molecule has 2 saturated carbocycles. The van der Waals surface area contributed by atoms with Gasteiger partial charge in [0.05, 0.1) is 17.8 Å². The molecule has 2 heteroatoms. The van der Waals surface area contributed by atoms with E-state index in [9.17, 15) is 5.11 Å². The molecular weight excluding hydrogens is 200 g/mol. The minimum absolute atomic E-state index is 0.0294. The standard InChI is InChI=1S/C14H24O2/c1-11(2)10-5-6-13(11,4)14(15,7-10)8-12(3)9-16-12/h10,15H,5-9H2,1-4H3. The third kappa shape index (κ3) is 1.10. The van der Waals surface area contributed by atoms with Gasteiger partial charge in [0.25, 0.3) is 0 Å². The molecule has 0 aromatic rings. The molecular formula is C14H24O2. The van der Waals surface area contributed by atoms with E-state index in [1.807, 2.05) is 0 Å². The fraction of sp³-hybridized carbons (Fsp3) is 1.00. The van der Waals surface area contributed by atoms with Gasteiger partial charge < -0.3 is 9.84 Å². The SMILES string of the molecule is CC1(CC2(O)CC3CCC2(C)C3(C)C)CO1. The van der Waals surface area contributed by atoms with E-state index >= 15 is 0 Å². The fourth-order valence-corrected chi connectivity index (χ4v) is 4.53. The largest absolute Gasteiger partial charge is 0.389 e. The third-order valence-electron chi connectivity index (χ3n) is 6.35. The van der Waals surface area contributed by atoms with Crippen LogP contribution in [0.3, 0.4) is 0 Å². The minimum Gasteiger partial charge on any atom is -0.389 e. The van der Waals surface area contributed by atoms with E-state index in [1.165, 1.54) is 12.8 Å². The quantitative estimate of drug-likeness (QED) is 0.732. The molecule has 0 radical (unpaired) electrons. The van der Waals surface area contributed by atoms with E-state index in [1.54, 1.807) is 0 Å². The van der Waals surface area contributed by atoms with Crippen molar-refractivity contribution >= 4 is 0 Å². The molecule has 3 rings (SSSR count). The number of rotatable bonds is 2. The molecule has 92 valence electrons. The van der Waals surface area contributed by atoms with Crippen LogP contribution in [0.15, 0.2) is 0 Å². The highest BCUT2D eigenvalue weighted by molar-refractivity contribution is 5.19. The van der Waals surface area contributed by atoms with Crippen LogP contribution >= 0.6 is 0 Å². The van der Waals surface area contributed by atoms with Gasteiger partial charge in [-0.25, -0.2) is 0 Å². The Labute approximate surface area is 98.4 Å². The molecule has 16 heavy (non-hydrogen) atoms. The van der Waals surface area contributed by atoms with Gasteiger partial charge in [0, 0.05) is 11.8 Å². The lowest BCUT2D eigenvalue weighted by Crippen LogP contribution is -2.49. The number of aliphatic hydroxyl groups is 1. The summed E-state index contributed by atoms with van der Waals surface area (Å²) in [6.45, 7) is 9.95. The average Bonchev–Trinajstić information content (AvgIpc) is 2.79. The second-order valence-corrected chi connectivity index (χ2v) is 7.44. The van der Waals surface area contributed by atoms with Crippen molar-refractivity contribution in [2.24, 2.45) is 16.7 Å². The normalized spacial score (nSPS) is 57.9. The Kier molecular flexibility index (Phi) is 1.84. The van der Waals surface area contributed by atoms with E-state index in [0.29, 0.717) is 5.92 Å². The summed E-state index contributed by atoms with van der Waals surface area (Å²) in [5.41, 5.74) is -0.157. The maximum absolute atomic E-state index is 11.1. The van der Waals surface area contributed by atoms with Crippen LogP contribution in [-0.2, 0) is 4.74 Å². The smallest absolute Gasteiger partial charge is 0.0916 e. The highest BCUT2D eigenvalue weighted by Gasteiger charge is 2.70. The van der Waals surface area contributed by atoms with E-state index in [2.05, 4.69) is 27.7 Å². The molecule has 4 atom stereocenters. The first-order valence-corrected chi connectivity index (χ1v) is 6.59. The Bertz CT molecular complexity index is 332. The van der Waals surface area contributed by atoms with Crippen molar-refractivity contribution in [3.05, 3.63) is 0 Å². The molecule has 0 aromatic carbocycles. The summed E-state index contributed by atoms with van der Waals surface area (Å²) in [5, 5.41) is 11.1. The molecule has 2 nitrogen and oxygen atoms in total. The molecule has 0 spiro atoms. The van der Waals surface area contributed by atoms with E-state index in [-0.39, 0.29) is 16.4 Å². The molecule has 3 aliphatic rings. The van der Waals surface area contributed by atoms with Crippen LogP contribution in [0.2, 0.25) is 0 Å². The molecule has 2 bridgehead atoms. The Morgan fingerprint density at radius 1 is 1.25 bits per heavy atom. The monoisotopic (exact) mass is 224 g/mol. The summed E-state index contributed by atoms with van der Waals surface area (Å²) in [4.78, 5) is 0. The van der Waals surface area contributed by atoms with Crippen molar-refractivity contribution in [1.82, 2.24) is 0 Å². The second kappa shape index (κ2) is 2.67. The van der Waals surface area contributed by atoms with Gasteiger partial charge in [0.2, 0.25) is 0 Å². The summed E-state index contributed by atoms with van der Waals surface area (Å²) in [6.07, 6.45) is 4.28. The molecule has 1 heterocycles. The minimum atomic E-state index is -0.495. The number of hydrogen-bond donors (Lipinski definition) is 1. The van der Waals surface area contributed by atoms with Gasteiger partial charge in [0.15, 0.2) is 0 Å². The first-order valence-electron chi connectivity index (χ1n) is 6.59. The maximum Gasteiger partial charge on any atom is 0.0916 e. The Balaban J connectivity index is 1.93. The van der Waals surface area contributed by atoms with Gasteiger partial charge in [-0.2, -0.15) is 0 Å². The second-order valence-electron chi connectivity index (χ2n) is 7.44. The van der Waals surface area contributed by atoms with Crippen molar-refractivity contribution < 1.29 is 9.84 Å². The summed E-state index contributed by atoms with van der Waals surface area (Å²) >= 11 is 0. The molecule has 3 fully saturated rings. The molecule has 0 aromatic heterocycles. The van der Waals surface area contributed by atoms with Gasteiger partial charge in [0.1, 0.15) is 0 Å².